The molecule has 2 aromatic carbocycles. The highest BCUT2D eigenvalue weighted by Crippen LogP contribution is 2.45. The number of methoxy groups -OCH3 is 1. The zero-order valence-electron chi connectivity index (χ0n) is 23.2. The topological polar surface area (TPSA) is 73.2 Å². The molecule has 0 saturated carbocycles. The number of allylic oxidation sites excluding steroid dienone is 3. The fraction of sp³-hybridized carbons (Fsp3) is 0.452. The summed E-state index contributed by atoms with van der Waals surface area (Å²) < 4.78 is 5.51. The third-order valence-electron chi connectivity index (χ3n) is 7.17. The molecule has 1 heterocycles. The van der Waals surface area contributed by atoms with Crippen molar-refractivity contribution in [1.82, 2.24) is 0 Å². The Bertz CT molecular complexity index is 1170. The van der Waals surface area contributed by atoms with Crippen molar-refractivity contribution < 1.29 is 19.7 Å². The molecule has 0 bridgehead atoms. The van der Waals surface area contributed by atoms with Gasteiger partial charge < -0.3 is 24.7 Å². The molecule has 2 N–H and O–H groups in total. The number of hydrogen-bond donors (Lipinski definition) is 2. The molecular formula is C31H42N2O4. The molecule has 1 aliphatic heterocycles. The number of para-hydroxylation sites is 1. The predicted octanol–water partition coefficient (Wildman–Crippen LogP) is 7.48. The largest absolute Gasteiger partial charge is 0.508 e. The molecule has 6 nitrogen and oxygen atoms in total. The Hall–Kier alpha value is -3.25. The number of carbonyl (C=O) groups is 1. The Balaban J connectivity index is 1.75. The maximum absolute atomic E-state index is 13.7. The highest BCUT2D eigenvalue weighted by molar-refractivity contribution is 6.15. The van der Waals surface area contributed by atoms with Crippen molar-refractivity contribution in [3.8, 4) is 11.5 Å². The van der Waals surface area contributed by atoms with E-state index < -0.39 is 0 Å². The average Bonchev–Trinajstić information content (AvgIpc) is 2.95. The SMILES string of the molecule is CCN1c2ccc(O)cc2N(C/C=C(\C)CC/C=C(\C)CCCC(C)(C)OC)C(=O)c2cccc(O)c21. The average molecular weight is 507 g/mol. The van der Waals surface area contributed by atoms with E-state index in [1.807, 2.05) is 11.8 Å². The van der Waals surface area contributed by atoms with E-state index in [-0.39, 0.29) is 23.0 Å². The highest BCUT2D eigenvalue weighted by atomic mass is 16.5. The Labute approximate surface area is 221 Å². The summed E-state index contributed by atoms with van der Waals surface area (Å²) in [7, 11) is 1.76. The summed E-state index contributed by atoms with van der Waals surface area (Å²) in [5.41, 5.74) is 4.86. The van der Waals surface area contributed by atoms with Crippen LogP contribution in [0.3, 0.4) is 0 Å². The van der Waals surface area contributed by atoms with E-state index >= 15 is 0 Å². The van der Waals surface area contributed by atoms with Crippen LogP contribution in [0.25, 0.3) is 0 Å². The Morgan fingerprint density at radius 3 is 2.43 bits per heavy atom. The summed E-state index contributed by atoms with van der Waals surface area (Å²) in [6.45, 7) is 11.4. The van der Waals surface area contributed by atoms with Gasteiger partial charge in [-0.15, -0.1) is 0 Å². The Kier molecular flexibility index (Phi) is 9.44. The van der Waals surface area contributed by atoms with Crippen LogP contribution < -0.4 is 9.80 Å². The number of phenolic OH excluding ortho intramolecular Hbond substituents is 2. The van der Waals surface area contributed by atoms with Crippen molar-refractivity contribution >= 4 is 23.0 Å². The van der Waals surface area contributed by atoms with Crippen LogP contribution in [-0.4, -0.2) is 41.9 Å². The highest BCUT2D eigenvalue weighted by Gasteiger charge is 2.32. The predicted molar refractivity (Wildman–Crippen MR) is 152 cm³/mol. The zero-order chi connectivity index (χ0) is 27.2. The van der Waals surface area contributed by atoms with Crippen molar-refractivity contribution in [3.63, 3.8) is 0 Å². The first-order chi connectivity index (χ1) is 17.6. The van der Waals surface area contributed by atoms with Crippen molar-refractivity contribution in [2.75, 3.05) is 30.0 Å². The normalized spacial score (nSPS) is 14.5. The second kappa shape index (κ2) is 12.3. The molecular weight excluding hydrogens is 464 g/mol. The monoisotopic (exact) mass is 506 g/mol. The van der Waals surface area contributed by atoms with E-state index in [4.69, 9.17) is 4.74 Å². The Morgan fingerprint density at radius 1 is 1.00 bits per heavy atom. The van der Waals surface area contributed by atoms with Crippen molar-refractivity contribution in [2.45, 2.75) is 72.3 Å². The molecule has 0 unspecified atom stereocenters. The number of rotatable bonds is 11. The number of aromatic hydroxyl groups is 2. The van der Waals surface area contributed by atoms with Gasteiger partial charge in [-0.05, 0) is 91.0 Å². The molecule has 0 aliphatic carbocycles. The number of amides is 1. The summed E-state index contributed by atoms with van der Waals surface area (Å²) in [6, 6.07) is 10.1. The van der Waals surface area contributed by atoms with Crippen LogP contribution in [0.15, 0.2) is 59.7 Å². The summed E-state index contributed by atoms with van der Waals surface area (Å²) in [5.74, 6) is -0.0429. The molecule has 37 heavy (non-hydrogen) atoms. The van der Waals surface area contributed by atoms with Crippen molar-refractivity contribution in [2.24, 2.45) is 0 Å². The quantitative estimate of drug-likeness (QED) is 0.309. The lowest BCUT2D eigenvalue weighted by Crippen LogP contribution is -2.30. The first kappa shape index (κ1) is 28.3. The number of ether oxygens (including phenoxy) is 1. The lowest BCUT2D eigenvalue weighted by Gasteiger charge is -2.26. The third-order valence-corrected chi connectivity index (χ3v) is 7.17. The van der Waals surface area contributed by atoms with Gasteiger partial charge >= 0.3 is 0 Å². The number of benzene rings is 2. The lowest BCUT2D eigenvalue weighted by atomic mass is 9.98. The summed E-state index contributed by atoms with van der Waals surface area (Å²) in [4.78, 5) is 17.3. The van der Waals surface area contributed by atoms with Crippen LogP contribution in [0.5, 0.6) is 11.5 Å². The maximum atomic E-state index is 13.7. The van der Waals surface area contributed by atoms with Crippen LogP contribution in [0.4, 0.5) is 17.1 Å². The van der Waals surface area contributed by atoms with Gasteiger partial charge in [0.1, 0.15) is 11.5 Å². The number of anilines is 3. The number of hydrogen-bond acceptors (Lipinski definition) is 5. The van der Waals surface area contributed by atoms with Gasteiger partial charge in [-0.1, -0.05) is 29.4 Å². The molecule has 0 aromatic heterocycles. The minimum atomic E-state index is -0.201. The van der Waals surface area contributed by atoms with Gasteiger partial charge in [0.2, 0.25) is 0 Å². The molecule has 200 valence electrons. The molecule has 1 amide bonds. The van der Waals surface area contributed by atoms with E-state index in [0.29, 0.717) is 30.0 Å². The fourth-order valence-corrected chi connectivity index (χ4v) is 4.72. The molecule has 2 aromatic rings. The van der Waals surface area contributed by atoms with Gasteiger partial charge in [-0.2, -0.15) is 0 Å². The first-order valence-corrected chi connectivity index (χ1v) is 13.2. The molecule has 3 rings (SSSR count). The second-order valence-corrected chi connectivity index (χ2v) is 10.5. The molecule has 6 heteroatoms. The molecule has 0 spiro atoms. The first-order valence-electron chi connectivity index (χ1n) is 13.2. The van der Waals surface area contributed by atoms with E-state index in [9.17, 15) is 15.0 Å². The Morgan fingerprint density at radius 2 is 1.73 bits per heavy atom. The second-order valence-electron chi connectivity index (χ2n) is 10.5. The van der Waals surface area contributed by atoms with Crippen LogP contribution in [0.1, 0.15) is 77.1 Å². The van der Waals surface area contributed by atoms with Crippen molar-refractivity contribution in [3.05, 3.63) is 65.3 Å². The fourth-order valence-electron chi connectivity index (χ4n) is 4.72. The van der Waals surface area contributed by atoms with Crippen LogP contribution in [0.2, 0.25) is 0 Å². The number of nitrogens with zero attached hydrogens (tertiary/aromatic N) is 2. The molecule has 1 aliphatic rings. The van der Waals surface area contributed by atoms with Crippen LogP contribution >= 0.6 is 0 Å². The van der Waals surface area contributed by atoms with Gasteiger partial charge in [0.25, 0.3) is 5.91 Å². The standard InChI is InChI=1S/C31H42N2O4/c1-7-32-26-17-16-24(34)21-27(26)33(30(36)25-14-9-15-28(35)29(25)32)20-18-23(3)12-8-11-22(2)13-10-19-31(4,5)37-6/h9,11,14-18,21,34-35H,7-8,10,12-13,19-20H2,1-6H3/b22-11+,23-18+. The minimum Gasteiger partial charge on any atom is -0.508 e. The van der Waals surface area contributed by atoms with Crippen LogP contribution in [0, 0.1) is 0 Å². The number of phenols is 2. The van der Waals surface area contributed by atoms with Gasteiger partial charge in [-0.3, -0.25) is 4.79 Å². The number of fused-ring (bicyclic) bond motifs is 2. The zero-order valence-corrected chi connectivity index (χ0v) is 23.2. The van der Waals surface area contributed by atoms with E-state index in [1.165, 1.54) is 11.1 Å². The van der Waals surface area contributed by atoms with E-state index in [0.717, 1.165) is 37.8 Å². The van der Waals surface area contributed by atoms with Gasteiger partial charge in [-0.25, -0.2) is 0 Å². The minimum absolute atomic E-state index is 0.0632. The van der Waals surface area contributed by atoms with Gasteiger partial charge in [0.15, 0.2) is 0 Å². The third kappa shape index (κ3) is 6.95. The summed E-state index contributed by atoms with van der Waals surface area (Å²) >= 11 is 0. The molecule has 0 fully saturated rings. The number of carbonyl (C=O) groups excluding carboxylic acids is 1. The van der Waals surface area contributed by atoms with Gasteiger partial charge in [0, 0.05) is 26.3 Å². The molecule has 0 atom stereocenters. The van der Waals surface area contributed by atoms with Crippen LogP contribution in [-0.2, 0) is 4.74 Å². The van der Waals surface area contributed by atoms with Gasteiger partial charge in [0.05, 0.1) is 28.2 Å². The lowest BCUT2D eigenvalue weighted by molar-refractivity contribution is 0.0140. The maximum Gasteiger partial charge on any atom is 0.260 e. The molecule has 0 saturated heterocycles. The molecule has 0 radical (unpaired) electrons. The summed E-state index contributed by atoms with van der Waals surface area (Å²) in [6.07, 6.45) is 9.46. The smallest absolute Gasteiger partial charge is 0.260 e. The summed E-state index contributed by atoms with van der Waals surface area (Å²) in [5, 5.41) is 20.9. The van der Waals surface area contributed by atoms with Crippen molar-refractivity contribution in [1.29, 1.82) is 0 Å². The van der Waals surface area contributed by atoms with E-state index in [1.54, 1.807) is 48.4 Å². The van der Waals surface area contributed by atoms with E-state index in [2.05, 4.69) is 39.8 Å².